The summed E-state index contributed by atoms with van der Waals surface area (Å²) in [6, 6.07) is 12.9. The minimum absolute atomic E-state index is 0.0998. The Morgan fingerprint density at radius 1 is 1.13 bits per heavy atom. The Morgan fingerprint density at radius 3 is 2.67 bits per heavy atom. The van der Waals surface area contributed by atoms with E-state index in [4.69, 9.17) is 21.1 Å². The normalized spacial score (nSPS) is 15.0. The molecule has 2 aromatic carbocycles. The van der Waals surface area contributed by atoms with Crippen LogP contribution >= 0.6 is 11.6 Å². The van der Waals surface area contributed by atoms with Gasteiger partial charge in [0, 0.05) is 5.56 Å². The standard InChI is InChI=1S/C21H12ClFN2O5/c22-16-9-13(4-6-17(16)23)25-20(27)15(19(26)24-25)10-14-5-7-18(30-14)11-2-1-3-12(8-11)21(28)29/h1-10H,(H,24,26)(H,28,29)/b15-10-. The molecule has 2 heterocycles. The Balaban J connectivity index is 1.62. The molecule has 0 spiro atoms. The van der Waals surface area contributed by atoms with Crippen molar-refractivity contribution in [1.82, 2.24) is 5.43 Å². The van der Waals surface area contributed by atoms with Crippen molar-refractivity contribution in [1.29, 1.82) is 0 Å². The molecule has 1 aliphatic heterocycles. The van der Waals surface area contributed by atoms with Gasteiger partial charge in [-0.15, -0.1) is 0 Å². The van der Waals surface area contributed by atoms with Crippen LogP contribution in [0.2, 0.25) is 5.02 Å². The Morgan fingerprint density at radius 2 is 1.93 bits per heavy atom. The van der Waals surface area contributed by atoms with Gasteiger partial charge in [-0.2, -0.15) is 0 Å². The van der Waals surface area contributed by atoms with Crippen LogP contribution < -0.4 is 10.4 Å². The molecule has 0 unspecified atom stereocenters. The van der Waals surface area contributed by atoms with Crippen LogP contribution in [0.4, 0.5) is 10.1 Å². The molecule has 0 radical (unpaired) electrons. The van der Waals surface area contributed by atoms with E-state index in [0.29, 0.717) is 11.3 Å². The van der Waals surface area contributed by atoms with Crippen molar-refractivity contribution in [2.75, 3.05) is 5.01 Å². The number of amides is 2. The fourth-order valence-electron chi connectivity index (χ4n) is 2.90. The van der Waals surface area contributed by atoms with Crippen LogP contribution in [0.15, 0.2) is 64.6 Å². The number of aromatic carboxylic acids is 1. The largest absolute Gasteiger partial charge is 0.478 e. The molecule has 7 nitrogen and oxygen atoms in total. The van der Waals surface area contributed by atoms with Crippen LogP contribution in [0, 0.1) is 5.82 Å². The second-order valence-corrected chi connectivity index (χ2v) is 6.73. The fourth-order valence-corrected chi connectivity index (χ4v) is 3.07. The molecule has 1 aromatic heterocycles. The van der Waals surface area contributed by atoms with Crippen LogP contribution in [-0.2, 0) is 9.59 Å². The van der Waals surface area contributed by atoms with Crippen LogP contribution in [0.5, 0.6) is 0 Å². The quantitative estimate of drug-likeness (QED) is 0.487. The Bertz CT molecular complexity index is 1230. The number of carboxylic acids is 1. The number of rotatable bonds is 4. The summed E-state index contributed by atoms with van der Waals surface area (Å²) < 4.78 is 19.0. The van der Waals surface area contributed by atoms with Gasteiger partial charge in [-0.3, -0.25) is 15.0 Å². The monoisotopic (exact) mass is 426 g/mol. The SMILES string of the molecule is O=C1NN(c2ccc(F)c(Cl)c2)C(=O)/C1=C\c1ccc(-c2cccc(C(=O)O)c2)o1. The minimum atomic E-state index is -1.07. The molecule has 0 saturated carbocycles. The number of hydrazine groups is 1. The first-order valence-corrected chi connectivity index (χ1v) is 8.97. The number of halogens is 2. The molecule has 0 aliphatic carbocycles. The third kappa shape index (κ3) is 3.56. The number of hydrogen-bond donors (Lipinski definition) is 2. The van der Waals surface area contributed by atoms with Gasteiger partial charge in [0.1, 0.15) is 22.9 Å². The Kier molecular flexibility index (Phi) is 4.85. The van der Waals surface area contributed by atoms with E-state index < -0.39 is 23.6 Å². The molecule has 1 aliphatic rings. The number of hydrogen-bond acceptors (Lipinski definition) is 4. The van der Waals surface area contributed by atoms with Gasteiger partial charge in [-0.05, 0) is 48.5 Å². The number of carbonyl (C=O) groups excluding carboxylic acids is 2. The average molecular weight is 427 g/mol. The first-order chi connectivity index (χ1) is 14.3. The molecule has 150 valence electrons. The third-order valence-electron chi connectivity index (χ3n) is 4.36. The molecular weight excluding hydrogens is 415 g/mol. The summed E-state index contributed by atoms with van der Waals surface area (Å²) in [5.41, 5.74) is 3.03. The molecule has 0 bridgehead atoms. The molecule has 3 aromatic rings. The molecular formula is C21H12ClFN2O5. The summed E-state index contributed by atoms with van der Waals surface area (Å²) in [6.45, 7) is 0. The number of furan rings is 1. The van der Waals surface area contributed by atoms with Gasteiger partial charge >= 0.3 is 5.97 Å². The van der Waals surface area contributed by atoms with Gasteiger partial charge < -0.3 is 9.52 Å². The van der Waals surface area contributed by atoms with E-state index in [2.05, 4.69) is 5.43 Å². The lowest BCUT2D eigenvalue weighted by atomic mass is 10.1. The summed E-state index contributed by atoms with van der Waals surface area (Å²) >= 11 is 5.74. The van der Waals surface area contributed by atoms with E-state index >= 15 is 0 Å². The van der Waals surface area contributed by atoms with E-state index in [1.54, 1.807) is 24.3 Å². The van der Waals surface area contributed by atoms with Crippen molar-refractivity contribution in [3.63, 3.8) is 0 Å². The van der Waals surface area contributed by atoms with Gasteiger partial charge in [0.25, 0.3) is 11.8 Å². The van der Waals surface area contributed by atoms with Crippen molar-refractivity contribution in [3.8, 4) is 11.3 Å². The highest BCUT2D eigenvalue weighted by Crippen LogP contribution is 2.28. The molecule has 30 heavy (non-hydrogen) atoms. The van der Waals surface area contributed by atoms with E-state index in [1.807, 2.05) is 0 Å². The molecule has 2 N–H and O–H groups in total. The highest BCUT2D eigenvalue weighted by molar-refractivity contribution is 6.33. The zero-order valence-electron chi connectivity index (χ0n) is 15.1. The smallest absolute Gasteiger partial charge is 0.335 e. The number of anilines is 1. The van der Waals surface area contributed by atoms with Gasteiger partial charge in [0.2, 0.25) is 0 Å². The predicted molar refractivity (Wildman–Crippen MR) is 106 cm³/mol. The Labute approximate surface area is 173 Å². The first kappa shape index (κ1) is 19.4. The number of nitrogens with zero attached hydrogens (tertiary/aromatic N) is 1. The maximum absolute atomic E-state index is 13.4. The van der Waals surface area contributed by atoms with Crippen molar-refractivity contribution >= 4 is 41.1 Å². The third-order valence-corrected chi connectivity index (χ3v) is 4.65. The molecule has 2 amide bonds. The van der Waals surface area contributed by atoms with Crippen molar-refractivity contribution in [2.24, 2.45) is 0 Å². The first-order valence-electron chi connectivity index (χ1n) is 8.59. The van der Waals surface area contributed by atoms with Crippen molar-refractivity contribution in [3.05, 3.63) is 82.3 Å². The predicted octanol–water partition coefficient (Wildman–Crippen LogP) is 3.90. The molecule has 1 fully saturated rings. The van der Waals surface area contributed by atoms with Crippen LogP contribution in [0.1, 0.15) is 16.1 Å². The zero-order chi connectivity index (χ0) is 21.4. The molecule has 1 saturated heterocycles. The van der Waals surface area contributed by atoms with Crippen molar-refractivity contribution in [2.45, 2.75) is 0 Å². The molecule has 0 atom stereocenters. The molecule has 4 rings (SSSR count). The van der Waals surface area contributed by atoms with Crippen LogP contribution in [0.3, 0.4) is 0 Å². The lowest BCUT2D eigenvalue weighted by molar-refractivity contribution is -0.117. The van der Waals surface area contributed by atoms with E-state index in [-0.39, 0.29) is 27.6 Å². The van der Waals surface area contributed by atoms with E-state index in [1.165, 1.54) is 30.3 Å². The number of benzene rings is 2. The van der Waals surface area contributed by atoms with E-state index in [9.17, 15) is 18.8 Å². The minimum Gasteiger partial charge on any atom is -0.478 e. The van der Waals surface area contributed by atoms with Gasteiger partial charge in [0.05, 0.1) is 16.3 Å². The van der Waals surface area contributed by atoms with Gasteiger partial charge in [0.15, 0.2) is 0 Å². The Hall–Kier alpha value is -3.91. The number of nitrogens with one attached hydrogen (secondary N) is 1. The molecule has 9 heteroatoms. The van der Waals surface area contributed by atoms with Crippen LogP contribution in [0.25, 0.3) is 17.4 Å². The lowest BCUT2D eigenvalue weighted by Gasteiger charge is -2.14. The summed E-state index contributed by atoms with van der Waals surface area (Å²) in [5.74, 6) is -2.44. The maximum Gasteiger partial charge on any atom is 0.335 e. The highest BCUT2D eigenvalue weighted by atomic mass is 35.5. The average Bonchev–Trinajstić information content (AvgIpc) is 3.30. The summed E-state index contributed by atoms with van der Waals surface area (Å²) in [5, 5.41) is 9.87. The van der Waals surface area contributed by atoms with Gasteiger partial charge in [-0.25, -0.2) is 14.2 Å². The highest BCUT2D eigenvalue weighted by Gasteiger charge is 2.35. The number of carboxylic acid groups (broad SMARTS) is 1. The topological polar surface area (TPSA) is 99.9 Å². The van der Waals surface area contributed by atoms with Crippen molar-refractivity contribution < 1.29 is 28.3 Å². The second kappa shape index (κ2) is 7.49. The fraction of sp³-hybridized carbons (Fsp3) is 0. The maximum atomic E-state index is 13.4. The second-order valence-electron chi connectivity index (χ2n) is 6.33. The van der Waals surface area contributed by atoms with E-state index in [0.717, 1.165) is 11.1 Å². The van der Waals surface area contributed by atoms with Gasteiger partial charge in [-0.1, -0.05) is 23.7 Å². The summed E-state index contributed by atoms with van der Waals surface area (Å²) in [4.78, 5) is 36.0. The lowest BCUT2D eigenvalue weighted by Crippen LogP contribution is -2.35. The number of carbonyl (C=O) groups is 3. The summed E-state index contributed by atoms with van der Waals surface area (Å²) in [6.07, 6.45) is 1.27. The zero-order valence-corrected chi connectivity index (χ0v) is 15.8. The van der Waals surface area contributed by atoms with Crippen LogP contribution in [-0.4, -0.2) is 22.9 Å². The summed E-state index contributed by atoms with van der Waals surface area (Å²) in [7, 11) is 0.